The lowest BCUT2D eigenvalue weighted by Gasteiger charge is -1.99. The number of rotatable bonds is 2. The molecular formula is C8H13N3O. The number of hydrogen-bond donors (Lipinski definition) is 1. The lowest BCUT2D eigenvalue weighted by atomic mass is 10.1. The molecular weight excluding hydrogens is 154 g/mol. The van der Waals surface area contributed by atoms with Gasteiger partial charge >= 0.3 is 0 Å². The van der Waals surface area contributed by atoms with E-state index >= 15 is 0 Å². The van der Waals surface area contributed by atoms with E-state index in [1.54, 1.807) is 4.68 Å². The Morgan fingerprint density at radius 3 is 2.83 bits per heavy atom. The van der Waals surface area contributed by atoms with Crippen LogP contribution in [0.5, 0.6) is 0 Å². The van der Waals surface area contributed by atoms with Gasteiger partial charge in [-0.25, -0.2) is 0 Å². The summed E-state index contributed by atoms with van der Waals surface area (Å²) in [6.45, 7) is 4.11. The van der Waals surface area contributed by atoms with Gasteiger partial charge in [-0.2, -0.15) is 5.10 Å². The fourth-order valence-electron chi connectivity index (χ4n) is 1.13. The van der Waals surface area contributed by atoms with Crippen molar-refractivity contribution in [3.05, 3.63) is 17.5 Å². The van der Waals surface area contributed by atoms with Gasteiger partial charge in [0, 0.05) is 18.8 Å². The molecule has 12 heavy (non-hydrogen) atoms. The van der Waals surface area contributed by atoms with E-state index in [9.17, 15) is 0 Å². The second-order valence-corrected chi connectivity index (χ2v) is 3.04. The summed E-state index contributed by atoms with van der Waals surface area (Å²) in [6.07, 6.45) is 3.23. The van der Waals surface area contributed by atoms with Crippen molar-refractivity contribution in [2.75, 3.05) is 0 Å². The molecule has 0 aliphatic rings. The normalized spacial score (nSPS) is 11.7. The van der Waals surface area contributed by atoms with Crippen LogP contribution >= 0.6 is 0 Å². The van der Waals surface area contributed by atoms with E-state index < -0.39 is 0 Å². The number of aromatic nitrogens is 2. The van der Waals surface area contributed by atoms with Gasteiger partial charge in [0.2, 0.25) is 0 Å². The van der Waals surface area contributed by atoms with Crippen LogP contribution in [0, 0.1) is 0 Å². The highest BCUT2D eigenvalue weighted by Crippen LogP contribution is 2.15. The lowest BCUT2D eigenvalue weighted by molar-refractivity contribution is 0.322. The Balaban J connectivity index is 3.08. The number of nitrogens with zero attached hydrogens (tertiary/aromatic N) is 3. The van der Waals surface area contributed by atoms with Gasteiger partial charge in [0.25, 0.3) is 0 Å². The molecule has 66 valence electrons. The zero-order chi connectivity index (χ0) is 9.14. The first-order valence-corrected chi connectivity index (χ1v) is 3.86. The topological polar surface area (TPSA) is 50.4 Å². The minimum atomic E-state index is 0.346. The van der Waals surface area contributed by atoms with Crippen LogP contribution in [0.2, 0.25) is 0 Å². The lowest BCUT2D eigenvalue weighted by Crippen LogP contribution is -1.94. The van der Waals surface area contributed by atoms with Crippen LogP contribution in [0.1, 0.15) is 31.0 Å². The molecule has 1 N–H and O–H groups in total. The Labute approximate surface area is 71.5 Å². The van der Waals surface area contributed by atoms with Crippen LogP contribution in [0.3, 0.4) is 0 Å². The molecule has 0 saturated heterocycles. The van der Waals surface area contributed by atoms with Gasteiger partial charge in [-0.05, 0) is 5.92 Å². The summed E-state index contributed by atoms with van der Waals surface area (Å²) in [4.78, 5) is 0. The maximum Gasteiger partial charge on any atom is 0.0768 e. The summed E-state index contributed by atoms with van der Waals surface area (Å²) in [7, 11) is 1.85. The first-order chi connectivity index (χ1) is 5.65. The van der Waals surface area contributed by atoms with Crippen LogP contribution in [0.4, 0.5) is 0 Å². The van der Waals surface area contributed by atoms with Crippen molar-refractivity contribution in [2.45, 2.75) is 19.8 Å². The van der Waals surface area contributed by atoms with Gasteiger partial charge < -0.3 is 5.21 Å². The number of hydrogen-bond acceptors (Lipinski definition) is 3. The molecule has 0 saturated carbocycles. The molecule has 4 nitrogen and oxygen atoms in total. The largest absolute Gasteiger partial charge is 0.411 e. The Bertz CT molecular complexity index is 288. The maximum atomic E-state index is 8.37. The predicted molar refractivity (Wildman–Crippen MR) is 46.7 cm³/mol. The van der Waals surface area contributed by atoms with Crippen LogP contribution in [0.25, 0.3) is 0 Å². The maximum absolute atomic E-state index is 8.37. The fourth-order valence-corrected chi connectivity index (χ4v) is 1.13. The Morgan fingerprint density at radius 1 is 1.67 bits per heavy atom. The molecule has 0 aromatic carbocycles. The third kappa shape index (κ3) is 1.64. The minimum absolute atomic E-state index is 0.346. The van der Waals surface area contributed by atoms with E-state index in [0.717, 1.165) is 11.3 Å². The summed E-state index contributed by atoms with van der Waals surface area (Å²) in [6, 6.07) is 0. The molecule has 0 fully saturated rings. The van der Waals surface area contributed by atoms with Crippen molar-refractivity contribution < 1.29 is 5.21 Å². The van der Waals surface area contributed by atoms with Crippen molar-refractivity contribution in [3.8, 4) is 0 Å². The smallest absolute Gasteiger partial charge is 0.0768 e. The highest BCUT2D eigenvalue weighted by atomic mass is 16.4. The quantitative estimate of drug-likeness (QED) is 0.410. The molecule has 1 heterocycles. The van der Waals surface area contributed by atoms with E-state index in [1.165, 1.54) is 6.21 Å². The minimum Gasteiger partial charge on any atom is -0.411 e. The van der Waals surface area contributed by atoms with Crippen LogP contribution in [-0.2, 0) is 7.05 Å². The van der Waals surface area contributed by atoms with Crippen molar-refractivity contribution in [1.82, 2.24) is 9.78 Å². The monoisotopic (exact) mass is 167 g/mol. The van der Waals surface area contributed by atoms with Crippen LogP contribution < -0.4 is 0 Å². The molecule has 0 unspecified atom stereocenters. The zero-order valence-corrected chi connectivity index (χ0v) is 7.52. The van der Waals surface area contributed by atoms with Crippen molar-refractivity contribution in [1.29, 1.82) is 0 Å². The van der Waals surface area contributed by atoms with Gasteiger partial charge in [-0.1, -0.05) is 19.0 Å². The van der Waals surface area contributed by atoms with Gasteiger partial charge in [-0.3, -0.25) is 4.68 Å². The third-order valence-corrected chi connectivity index (χ3v) is 1.63. The number of oxime groups is 1. The van der Waals surface area contributed by atoms with E-state index in [1.807, 2.05) is 13.2 Å². The molecule has 1 aromatic rings. The molecule has 0 amide bonds. The average molecular weight is 167 g/mol. The highest BCUT2D eigenvalue weighted by Gasteiger charge is 2.08. The molecule has 1 rings (SSSR count). The van der Waals surface area contributed by atoms with Crippen LogP contribution in [0.15, 0.2) is 11.4 Å². The second kappa shape index (κ2) is 3.38. The molecule has 0 aliphatic carbocycles. The van der Waals surface area contributed by atoms with Crippen molar-refractivity contribution in [2.24, 2.45) is 12.2 Å². The summed E-state index contributed by atoms with van der Waals surface area (Å²) in [5, 5.41) is 15.6. The summed E-state index contributed by atoms with van der Waals surface area (Å²) >= 11 is 0. The second-order valence-electron chi connectivity index (χ2n) is 3.04. The number of aryl methyl sites for hydroxylation is 1. The summed E-state index contributed by atoms with van der Waals surface area (Å²) < 4.78 is 1.71. The molecule has 0 radical (unpaired) electrons. The predicted octanol–water partition coefficient (Wildman–Crippen LogP) is 1.35. The van der Waals surface area contributed by atoms with E-state index in [2.05, 4.69) is 24.1 Å². The van der Waals surface area contributed by atoms with Crippen molar-refractivity contribution >= 4 is 6.21 Å². The Kier molecular flexibility index (Phi) is 2.47. The zero-order valence-electron chi connectivity index (χ0n) is 7.52. The molecule has 0 atom stereocenters. The Hall–Kier alpha value is -1.32. The van der Waals surface area contributed by atoms with Gasteiger partial charge in [0.15, 0.2) is 0 Å². The van der Waals surface area contributed by atoms with Gasteiger partial charge in [0.05, 0.1) is 11.9 Å². The third-order valence-electron chi connectivity index (χ3n) is 1.63. The van der Waals surface area contributed by atoms with Crippen LogP contribution in [-0.4, -0.2) is 21.2 Å². The molecule has 0 aliphatic heterocycles. The Morgan fingerprint density at radius 2 is 2.33 bits per heavy atom. The molecule has 4 heteroatoms. The SMILES string of the molecule is CC(C)c1nn(C)cc1C=NO. The first-order valence-electron chi connectivity index (χ1n) is 3.86. The summed E-state index contributed by atoms with van der Waals surface area (Å²) in [5.41, 5.74) is 1.82. The van der Waals surface area contributed by atoms with E-state index in [4.69, 9.17) is 5.21 Å². The van der Waals surface area contributed by atoms with Gasteiger partial charge in [-0.15, -0.1) is 0 Å². The molecule has 0 spiro atoms. The van der Waals surface area contributed by atoms with Crippen molar-refractivity contribution in [3.63, 3.8) is 0 Å². The highest BCUT2D eigenvalue weighted by molar-refractivity contribution is 5.80. The summed E-state index contributed by atoms with van der Waals surface area (Å²) in [5.74, 6) is 0.346. The standard InChI is InChI=1S/C8H13N3O/c1-6(2)8-7(4-9-12)5-11(3)10-8/h4-6,12H,1-3H3. The fraction of sp³-hybridized carbons (Fsp3) is 0.500. The van der Waals surface area contributed by atoms with E-state index in [0.29, 0.717) is 5.92 Å². The van der Waals surface area contributed by atoms with E-state index in [-0.39, 0.29) is 0 Å². The first kappa shape index (κ1) is 8.77. The molecule has 0 bridgehead atoms. The van der Waals surface area contributed by atoms with Gasteiger partial charge in [0.1, 0.15) is 0 Å². The average Bonchev–Trinajstić information content (AvgIpc) is 2.32. The molecule has 1 aromatic heterocycles.